The molecule has 148 valence electrons. The largest absolute Gasteiger partial charge is 0.465 e. The van der Waals surface area contributed by atoms with Gasteiger partial charge in [-0.15, -0.1) is 0 Å². The van der Waals surface area contributed by atoms with Crippen LogP contribution in [0.4, 0.5) is 33.7 Å². The van der Waals surface area contributed by atoms with E-state index in [9.17, 15) is 31.9 Å². The maximum atomic E-state index is 13.8. The molecule has 0 fully saturated rings. The highest BCUT2D eigenvalue weighted by atomic mass is 19.1. The molecule has 0 bridgehead atoms. The summed E-state index contributed by atoms with van der Waals surface area (Å²) in [6, 6.07) is 0.821. The van der Waals surface area contributed by atoms with Crippen molar-refractivity contribution < 1.29 is 41.4 Å². The lowest BCUT2D eigenvalue weighted by Gasteiger charge is -2.12. The van der Waals surface area contributed by atoms with Crippen LogP contribution in [0.1, 0.15) is 20.7 Å². The molecule has 0 unspecified atom stereocenters. The van der Waals surface area contributed by atoms with Crippen LogP contribution in [-0.2, 0) is 9.47 Å². The standard InChI is InChI=1S/C17H12F4N2O5/c1-27-15(24)7-3-13(11(20)5-9(7)18)22-17(26)23-14-4-8(16(25)28-2)10(19)6-12(14)21/h3-6H,1-2H3,(H2,22,23,26). The lowest BCUT2D eigenvalue weighted by molar-refractivity contribution is 0.0586. The molecule has 0 aliphatic rings. The Morgan fingerprint density at radius 1 is 0.679 bits per heavy atom. The quantitative estimate of drug-likeness (QED) is 0.606. The number of hydrogen-bond donors (Lipinski definition) is 2. The molecule has 28 heavy (non-hydrogen) atoms. The number of methoxy groups -OCH3 is 2. The van der Waals surface area contributed by atoms with Crippen molar-refractivity contribution in [1.82, 2.24) is 0 Å². The highest BCUT2D eigenvalue weighted by Crippen LogP contribution is 2.23. The van der Waals surface area contributed by atoms with E-state index >= 15 is 0 Å². The van der Waals surface area contributed by atoms with Crippen LogP contribution < -0.4 is 10.6 Å². The number of nitrogens with one attached hydrogen (secondary N) is 2. The summed E-state index contributed by atoms with van der Waals surface area (Å²) in [5.74, 6) is -7.13. The fourth-order valence-electron chi connectivity index (χ4n) is 2.10. The highest BCUT2D eigenvalue weighted by Gasteiger charge is 2.20. The fourth-order valence-corrected chi connectivity index (χ4v) is 2.10. The van der Waals surface area contributed by atoms with E-state index in [0.29, 0.717) is 24.3 Å². The molecule has 0 saturated carbocycles. The second-order valence-corrected chi connectivity index (χ2v) is 5.19. The summed E-state index contributed by atoms with van der Waals surface area (Å²) >= 11 is 0. The van der Waals surface area contributed by atoms with Gasteiger partial charge in [0.2, 0.25) is 0 Å². The number of anilines is 2. The Morgan fingerprint density at radius 2 is 1.04 bits per heavy atom. The first-order chi connectivity index (χ1) is 13.2. The summed E-state index contributed by atoms with van der Waals surface area (Å²) < 4.78 is 63.5. The fraction of sp³-hybridized carbons (Fsp3) is 0.118. The number of hydrogen-bond acceptors (Lipinski definition) is 5. The Bertz CT molecular complexity index is 890. The molecule has 7 nitrogen and oxygen atoms in total. The third-order valence-corrected chi connectivity index (χ3v) is 3.42. The number of ether oxygens (including phenoxy) is 2. The van der Waals surface area contributed by atoms with Gasteiger partial charge in [0.05, 0.1) is 36.7 Å². The minimum atomic E-state index is -1.23. The van der Waals surface area contributed by atoms with Crippen LogP contribution >= 0.6 is 0 Å². The molecular weight excluding hydrogens is 388 g/mol. The number of esters is 2. The average molecular weight is 400 g/mol. The number of rotatable bonds is 4. The van der Waals surface area contributed by atoms with Crippen LogP contribution in [0.25, 0.3) is 0 Å². The van der Waals surface area contributed by atoms with Crippen LogP contribution in [0.15, 0.2) is 24.3 Å². The van der Waals surface area contributed by atoms with Gasteiger partial charge in [-0.2, -0.15) is 0 Å². The first-order valence-electron chi connectivity index (χ1n) is 7.40. The lowest BCUT2D eigenvalue weighted by atomic mass is 10.1. The number of amides is 2. The normalized spacial score (nSPS) is 10.2. The SMILES string of the molecule is COC(=O)c1cc(NC(=O)Nc2cc(C(=O)OC)c(F)cc2F)c(F)cc1F. The number of carbonyl (C=O) groups excluding carboxylic acids is 3. The van der Waals surface area contributed by atoms with Gasteiger partial charge in [-0.05, 0) is 12.1 Å². The molecule has 0 atom stereocenters. The second-order valence-electron chi connectivity index (χ2n) is 5.19. The van der Waals surface area contributed by atoms with Crippen LogP contribution in [0.5, 0.6) is 0 Å². The Labute approximate surface area is 155 Å². The zero-order valence-corrected chi connectivity index (χ0v) is 14.4. The predicted octanol–water partition coefficient (Wildman–Crippen LogP) is 3.46. The summed E-state index contributed by atoms with van der Waals surface area (Å²) in [4.78, 5) is 34.9. The van der Waals surface area contributed by atoms with E-state index < -0.39 is 63.7 Å². The predicted molar refractivity (Wildman–Crippen MR) is 88.0 cm³/mol. The van der Waals surface area contributed by atoms with Gasteiger partial charge >= 0.3 is 18.0 Å². The summed E-state index contributed by atoms with van der Waals surface area (Å²) in [5, 5.41) is 3.87. The van der Waals surface area contributed by atoms with Crippen molar-refractivity contribution in [3.05, 3.63) is 58.7 Å². The van der Waals surface area contributed by atoms with Gasteiger partial charge in [0, 0.05) is 12.1 Å². The van der Waals surface area contributed by atoms with E-state index in [0.717, 1.165) is 14.2 Å². The molecule has 0 spiro atoms. The molecule has 11 heteroatoms. The molecule has 0 aromatic heterocycles. The van der Waals surface area contributed by atoms with Crippen molar-refractivity contribution in [1.29, 1.82) is 0 Å². The smallest absolute Gasteiger partial charge is 0.340 e. The van der Waals surface area contributed by atoms with Gasteiger partial charge in [0.15, 0.2) is 0 Å². The Balaban J connectivity index is 2.28. The molecule has 2 aromatic rings. The van der Waals surface area contributed by atoms with E-state index in [1.807, 2.05) is 10.6 Å². The third-order valence-electron chi connectivity index (χ3n) is 3.42. The Morgan fingerprint density at radius 3 is 1.36 bits per heavy atom. The van der Waals surface area contributed by atoms with Crippen molar-refractivity contribution in [3.8, 4) is 0 Å². The van der Waals surface area contributed by atoms with E-state index in [-0.39, 0.29) is 0 Å². The van der Waals surface area contributed by atoms with Crippen LogP contribution in [-0.4, -0.2) is 32.2 Å². The number of benzene rings is 2. The van der Waals surface area contributed by atoms with Crippen molar-refractivity contribution in [2.24, 2.45) is 0 Å². The van der Waals surface area contributed by atoms with Crippen molar-refractivity contribution in [3.63, 3.8) is 0 Å². The molecule has 0 radical (unpaired) electrons. The van der Waals surface area contributed by atoms with Crippen molar-refractivity contribution in [2.75, 3.05) is 24.9 Å². The summed E-state index contributed by atoms with van der Waals surface area (Å²) in [6.45, 7) is 0. The third kappa shape index (κ3) is 4.37. The van der Waals surface area contributed by atoms with Gasteiger partial charge in [0.25, 0.3) is 0 Å². The van der Waals surface area contributed by atoms with E-state index in [1.165, 1.54) is 0 Å². The van der Waals surface area contributed by atoms with E-state index in [2.05, 4.69) is 9.47 Å². The van der Waals surface area contributed by atoms with Crippen molar-refractivity contribution in [2.45, 2.75) is 0 Å². The summed E-state index contributed by atoms with van der Waals surface area (Å²) in [5.41, 5.74) is -2.54. The van der Waals surface area contributed by atoms with Gasteiger partial charge in [-0.25, -0.2) is 31.9 Å². The highest BCUT2D eigenvalue weighted by molar-refractivity contribution is 6.02. The second kappa shape index (κ2) is 8.37. The molecule has 2 aromatic carbocycles. The zero-order valence-electron chi connectivity index (χ0n) is 14.4. The average Bonchev–Trinajstić information content (AvgIpc) is 2.64. The Kier molecular flexibility index (Phi) is 6.18. The van der Waals surface area contributed by atoms with Crippen LogP contribution in [0.3, 0.4) is 0 Å². The number of carbonyl (C=O) groups is 3. The van der Waals surface area contributed by atoms with E-state index in [4.69, 9.17) is 0 Å². The zero-order chi connectivity index (χ0) is 21.0. The van der Waals surface area contributed by atoms with Gasteiger partial charge in [-0.1, -0.05) is 0 Å². The topological polar surface area (TPSA) is 93.7 Å². The van der Waals surface area contributed by atoms with Gasteiger partial charge < -0.3 is 20.1 Å². The summed E-state index contributed by atoms with van der Waals surface area (Å²) in [7, 11) is 1.95. The first-order valence-corrected chi connectivity index (χ1v) is 7.40. The minimum Gasteiger partial charge on any atom is -0.465 e. The molecule has 0 saturated heterocycles. The first kappa shape index (κ1) is 20.7. The monoisotopic (exact) mass is 400 g/mol. The van der Waals surface area contributed by atoms with Crippen LogP contribution in [0, 0.1) is 23.3 Å². The van der Waals surface area contributed by atoms with Crippen LogP contribution in [0.2, 0.25) is 0 Å². The maximum absolute atomic E-state index is 13.8. The molecule has 0 aliphatic carbocycles. The molecule has 2 amide bonds. The number of halogens is 4. The molecule has 0 aliphatic heterocycles. The lowest BCUT2D eigenvalue weighted by Crippen LogP contribution is -2.22. The molecule has 0 heterocycles. The van der Waals surface area contributed by atoms with Gasteiger partial charge in [-0.3, -0.25) is 0 Å². The van der Waals surface area contributed by atoms with Crippen molar-refractivity contribution >= 4 is 29.3 Å². The van der Waals surface area contributed by atoms with E-state index in [1.54, 1.807) is 0 Å². The molecule has 2 N–H and O–H groups in total. The number of urea groups is 1. The molecular formula is C17H12F4N2O5. The minimum absolute atomic E-state index is 0.343. The molecule has 2 rings (SSSR count). The van der Waals surface area contributed by atoms with Gasteiger partial charge in [0.1, 0.15) is 23.3 Å². The Hall–Kier alpha value is -3.63. The maximum Gasteiger partial charge on any atom is 0.340 e. The summed E-state index contributed by atoms with van der Waals surface area (Å²) in [6.07, 6.45) is 0.